The summed E-state index contributed by atoms with van der Waals surface area (Å²) in [5, 5.41) is 1.74. The van der Waals surface area contributed by atoms with Gasteiger partial charge in [-0.15, -0.1) is 11.3 Å². The molecular formula is C16H12F2N2O3S. The monoisotopic (exact) mass is 350 g/mol. The maximum Gasteiger partial charge on any atom is 0.387 e. The number of aryl methyl sites for hydroxylation is 1. The molecule has 0 atom stereocenters. The van der Waals surface area contributed by atoms with E-state index in [-0.39, 0.29) is 23.4 Å². The number of hydrogen-bond donors (Lipinski definition) is 0. The molecule has 2 aromatic heterocycles. The van der Waals surface area contributed by atoms with Crippen LogP contribution in [-0.4, -0.2) is 21.9 Å². The highest BCUT2D eigenvalue weighted by atomic mass is 32.1. The van der Waals surface area contributed by atoms with Crippen molar-refractivity contribution in [3.05, 3.63) is 57.5 Å². The number of carbonyl (C=O) groups is 1. The fraction of sp³-hybridized carbons (Fsp3) is 0.188. The van der Waals surface area contributed by atoms with Gasteiger partial charge in [0.1, 0.15) is 10.4 Å². The molecule has 0 aliphatic rings. The zero-order chi connectivity index (χ0) is 17.3. The zero-order valence-corrected chi connectivity index (χ0v) is 13.3. The molecule has 3 aromatic rings. The molecular weight excluding hydrogens is 338 g/mol. The van der Waals surface area contributed by atoms with Crippen LogP contribution in [0.15, 0.2) is 40.8 Å². The molecule has 0 saturated carbocycles. The van der Waals surface area contributed by atoms with Gasteiger partial charge in [0.05, 0.1) is 24.0 Å². The molecule has 3 rings (SSSR count). The van der Waals surface area contributed by atoms with Crippen LogP contribution in [0, 0.1) is 6.92 Å². The number of alkyl halides is 2. The van der Waals surface area contributed by atoms with Gasteiger partial charge in [-0.05, 0) is 30.5 Å². The topological polar surface area (TPSA) is 61.2 Å². The summed E-state index contributed by atoms with van der Waals surface area (Å²) < 4.78 is 31.0. The van der Waals surface area contributed by atoms with Gasteiger partial charge < -0.3 is 4.74 Å². The maximum atomic E-state index is 12.5. The smallest absolute Gasteiger partial charge is 0.387 e. The van der Waals surface area contributed by atoms with Gasteiger partial charge in [-0.25, -0.2) is 4.98 Å². The van der Waals surface area contributed by atoms with E-state index in [9.17, 15) is 18.4 Å². The number of halogens is 2. The number of carbonyl (C=O) groups excluding carboxylic acids is 1. The van der Waals surface area contributed by atoms with E-state index < -0.39 is 12.4 Å². The quantitative estimate of drug-likeness (QED) is 0.663. The van der Waals surface area contributed by atoms with Gasteiger partial charge in [-0.3, -0.25) is 14.2 Å². The number of thiophene rings is 1. The average Bonchev–Trinajstić information content (AvgIpc) is 3.00. The normalized spacial score (nSPS) is 11.2. The van der Waals surface area contributed by atoms with Gasteiger partial charge in [0.2, 0.25) is 0 Å². The first-order chi connectivity index (χ1) is 11.5. The van der Waals surface area contributed by atoms with E-state index in [0.717, 1.165) is 10.1 Å². The Bertz CT molecular complexity index is 965. The van der Waals surface area contributed by atoms with Crippen molar-refractivity contribution in [3.8, 4) is 5.75 Å². The van der Waals surface area contributed by atoms with E-state index in [1.54, 1.807) is 24.4 Å². The molecule has 0 aliphatic heterocycles. The average molecular weight is 350 g/mol. The number of benzene rings is 1. The lowest BCUT2D eigenvalue weighted by molar-refractivity contribution is -0.0501. The van der Waals surface area contributed by atoms with Gasteiger partial charge >= 0.3 is 6.61 Å². The van der Waals surface area contributed by atoms with Gasteiger partial charge in [0.15, 0.2) is 5.78 Å². The summed E-state index contributed by atoms with van der Waals surface area (Å²) in [6.07, 6.45) is 1.28. The molecule has 8 heteroatoms. The van der Waals surface area contributed by atoms with E-state index in [2.05, 4.69) is 9.72 Å². The lowest BCUT2D eigenvalue weighted by atomic mass is 10.1. The van der Waals surface area contributed by atoms with Crippen LogP contribution in [0.3, 0.4) is 0 Å². The summed E-state index contributed by atoms with van der Waals surface area (Å²) in [5.74, 6) is -0.715. The van der Waals surface area contributed by atoms with Crippen LogP contribution in [0.4, 0.5) is 8.78 Å². The number of aromatic nitrogens is 2. The predicted octanol–water partition coefficient (Wildman–Crippen LogP) is 3.25. The molecule has 2 heterocycles. The standard InChI is InChI=1S/C16H12F2N2O3S/c1-9-2-3-13(23-16(17)18)10(6-9)12(21)7-20-8-19-11-4-5-24-14(11)15(20)22/h2-6,8,16H,7H2,1H3. The Labute approximate surface area is 139 Å². The fourth-order valence-corrected chi connectivity index (χ4v) is 3.08. The number of nitrogens with zero attached hydrogens (tertiary/aromatic N) is 2. The Morgan fingerprint density at radius 2 is 2.17 bits per heavy atom. The number of hydrogen-bond acceptors (Lipinski definition) is 5. The van der Waals surface area contributed by atoms with Crippen molar-refractivity contribution in [2.45, 2.75) is 20.1 Å². The van der Waals surface area contributed by atoms with Crippen LogP contribution in [0.25, 0.3) is 10.2 Å². The first-order valence-corrected chi connectivity index (χ1v) is 7.85. The summed E-state index contributed by atoms with van der Waals surface area (Å²) in [6, 6.07) is 6.06. The van der Waals surface area contributed by atoms with Crippen molar-refractivity contribution in [2.24, 2.45) is 0 Å². The minimum absolute atomic E-state index is 0.00785. The highest BCUT2D eigenvalue weighted by Crippen LogP contribution is 2.23. The summed E-state index contributed by atoms with van der Waals surface area (Å²) in [4.78, 5) is 28.9. The molecule has 24 heavy (non-hydrogen) atoms. The lowest BCUT2D eigenvalue weighted by Gasteiger charge is -2.11. The van der Waals surface area contributed by atoms with Crippen molar-refractivity contribution < 1.29 is 18.3 Å². The Morgan fingerprint density at radius 1 is 1.38 bits per heavy atom. The second-order valence-electron chi connectivity index (χ2n) is 5.11. The van der Waals surface area contributed by atoms with E-state index >= 15 is 0 Å². The first kappa shape index (κ1) is 16.3. The fourth-order valence-electron chi connectivity index (χ4n) is 2.29. The van der Waals surface area contributed by atoms with Gasteiger partial charge in [-0.2, -0.15) is 8.78 Å². The minimum atomic E-state index is -3.04. The van der Waals surface area contributed by atoms with Gasteiger partial charge in [-0.1, -0.05) is 11.6 Å². The molecule has 0 radical (unpaired) electrons. The molecule has 124 valence electrons. The van der Waals surface area contributed by atoms with Crippen molar-refractivity contribution in [2.75, 3.05) is 0 Å². The molecule has 0 bridgehead atoms. The van der Waals surface area contributed by atoms with Crippen molar-refractivity contribution in [1.29, 1.82) is 0 Å². The van der Waals surface area contributed by atoms with Crippen LogP contribution in [0.1, 0.15) is 15.9 Å². The summed E-state index contributed by atoms with van der Waals surface area (Å²) in [7, 11) is 0. The molecule has 1 aromatic carbocycles. The van der Waals surface area contributed by atoms with E-state index in [1.165, 1.54) is 29.8 Å². The molecule has 0 aliphatic carbocycles. The predicted molar refractivity (Wildman–Crippen MR) is 86.0 cm³/mol. The molecule has 0 unspecified atom stereocenters. The largest absolute Gasteiger partial charge is 0.434 e. The maximum absolute atomic E-state index is 12.5. The zero-order valence-electron chi connectivity index (χ0n) is 12.5. The van der Waals surface area contributed by atoms with Crippen molar-refractivity contribution in [3.63, 3.8) is 0 Å². The van der Waals surface area contributed by atoms with Crippen LogP contribution < -0.4 is 10.3 Å². The van der Waals surface area contributed by atoms with Crippen LogP contribution >= 0.6 is 11.3 Å². The van der Waals surface area contributed by atoms with Gasteiger partial charge in [0, 0.05) is 0 Å². The van der Waals surface area contributed by atoms with Crippen molar-refractivity contribution >= 4 is 27.3 Å². The van der Waals surface area contributed by atoms with Crippen LogP contribution in [0.5, 0.6) is 5.75 Å². The third kappa shape index (κ3) is 3.18. The highest BCUT2D eigenvalue weighted by Gasteiger charge is 2.17. The number of ketones is 1. The molecule has 0 saturated heterocycles. The van der Waals surface area contributed by atoms with Gasteiger partial charge in [0.25, 0.3) is 5.56 Å². The molecule has 0 N–H and O–H groups in total. The number of fused-ring (bicyclic) bond motifs is 1. The number of ether oxygens (including phenoxy) is 1. The number of Topliss-reactive ketones (excluding diaryl/α,β-unsaturated/α-hetero) is 1. The summed E-state index contributed by atoms with van der Waals surface area (Å²) in [6.45, 7) is -1.61. The Kier molecular flexibility index (Phi) is 4.39. The Hall–Kier alpha value is -2.61. The third-order valence-corrected chi connectivity index (χ3v) is 4.29. The Balaban J connectivity index is 1.95. The first-order valence-electron chi connectivity index (χ1n) is 6.97. The van der Waals surface area contributed by atoms with E-state index in [1.807, 2.05) is 0 Å². The molecule has 0 amide bonds. The van der Waals surface area contributed by atoms with Crippen molar-refractivity contribution in [1.82, 2.24) is 9.55 Å². The van der Waals surface area contributed by atoms with E-state index in [4.69, 9.17) is 0 Å². The second kappa shape index (κ2) is 6.48. The number of rotatable bonds is 5. The Morgan fingerprint density at radius 3 is 2.92 bits per heavy atom. The lowest BCUT2D eigenvalue weighted by Crippen LogP contribution is -2.24. The molecule has 5 nitrogen and oxygen atoms in total. The summed E-state index contributed by atoms with van der Waals surface area (Å²) in [5.41, 5.74) is 0.950. The second-order valence-corrected chi connectivity index (χ2v) is 6.03. The summed E-state index contributed by atoms with van der Waals surface area (Å²) >= 11 is 1.23. The SMILES string of the molecule is Cc1ccc(OC(F)F)c(C(=O)Cn2cnc3ccsc3c2=O)c1. The minimum Gasteiger partial charge on any atom is -0.434 e. The molecule has 0 spiro atoms. The third-order valence-electron chi connectivity index (χ3n) is 3.40. The highest BCUT2D eigenvalue weighted by molar-refractivity contribution is 7.17. The van der Waals surface area contributed by atoms with Crippen LogP contribution in [-0.2, 0) is 6.54 Å². The van der Waals surface area contributed by atoms with E-state index in [0.29, 0.717) is 10.2 Å². The molecule has 0 fully saturated rings. The van der Waals surface area contributed by atoms with Crippen LogP contribution in [0.2, 0.25) is 0 Å².